The molecule has 0 amide bonds. The summed E-state index contributed by atoms with van der Waals surface area (Å²) in [5.74, 6) is 0. The van der Waals surface area contributed by atoms with Crippen molar-refractivity contribution in [3.05, 3.63) is 52.8 Å². The molecule has 0 saturated carbocycles. The van der Waals surface area contributed by atoms with E-state index in [9.17, 15) is 0 Å². The van der Waals surface area contributed by atoms with Crippen molar-refractivity contribution in [2.45, 2.75) is 26.4 Å². The van der Waals surface area contributed by atoms with E-state index in [0.717, 1.165) is 34.5 Å². The minimum Gasteiger partial charge on any atom is -0.348 e. The summed E-state index contributed by atoms with van der Waals surface area (Å²) in [6.45, 7) is 6.05. The van der Waals surface area contributed by atoms with Crippen LogP contribution in [0.1, 0.15) is 24.2 Å². The van der Waals surface area contributed by atoms with Crippen LogP contribution in [0.2, 0.25) is 5.02 Å². The van der Waals surface area contributed by atoms with Crippen LogP contribution >= 0.6 is 23.8 Å². The lowest BCUT2D eigenvalue weighted by Gasteiger charge is -2.36. The molecule has 0 saturated heterocycles. The molecule has 1 unspecified atom stereocenters. The Morgan fingerprint density at radius 1 is 1.33 bits per heavy atom. The fourth-order valence-electron chi connectivity index (χ4n) is 2.72. The van der Waals surface area contributed by atoms with Gasteiger partial charge in [0.05, 0.1) is 6.04 Å². The molecule has 2 heterocycles. The number of nitrogens with zero attached hydrogens (tertiary/aromatic N) is 2. The first-order valence-corrected chi connectivity index (χ1v) is 7.83. The molecule has 5 heteroatoms. The molecule has 0 aliphatic carbocycles. The first-order chi connectivity index (χ1) is 10.1. The smallest absolute Gasteiger partial charge is 0.174 e. The summed E-state index contributed by atoms with van der Waals surface area (Å²) in [5.41, 5.74) is 3.30. The molecular formula is C16H18ClN3S. The molecule has 2 aromatic rings. The van der Waals surface area contributed by atoms with Gasteiger partial charge in [-0.3, -0.25) is 0 Å². The largest absolute Gasteiger partial charge is 0.348 e. The zero-order chi connectivity index (χ0) is 15.0. The maximum atomic E-state index is 6.16. The van der Waals surface area contributed by atoms with Crippen LogP contribution < -0.4 is 5.32 Å². The minimum absolute atomic E-state index is 0.273. The number of rotatable bonds is 1. The molecule has 1 aliphatic heterocycles. The van der Waals surface area contributed by atoms with Crippen LogP contribution in [0.5, 0.6) is 0 Å². The van der Waals surface area contributed by atoms with E-state index >= 15 is 0 Å². The van der Waals surface area contributed by atoms with Gasteiger partial charge in [0.2, 0.25) is 0 Å². The zero-order valence-electron chi connectivity index (χ0n) is 12.1. The molecule has 1 atom stereocenters. The molecule has 0 radical (unpaired) electrons. The van der Waals surface area contributed by atoms with Crippen LogP contribution in [0.3, 0.4) is 0 Å². The van der Waals surface area contributed by atoms with E-state index in [1.165, 1.54) is 5.69 Å². The number of benzene rings is 1. The topological polar surface area (TPSA) is 20.2 Å². The van der Waals surface area contributed by atoms with Gasteiger partial charge < -0.3 is 14.8 Å². The lowest BCUT2D eigenvalue weighted by atomic mass is 10.1. The summed E-state index contributed by atoms with van der Waals surface area (Å²) in [6.07, 6.45) is 2.12. The molecule has 0 spiro atoms. The number of halogens is 1. The Kier molecular flexibility index (Phi) is 3.91. The average Bonchev–Trinajstić information content (AvgIpc) is 2.92. The van der Waals surface area contributed by atoms with Crippen LogP contribution in [0.4, 0.5) is 5.69 Å². The zero-order valence-corrected chi connectivity index (χ0v) is 13.7. The lowest BCUT2D eigenvalue weighted by Crippen LogP contribution is -2.42. The number of hydrogen-bond donors (Lipinski definition) is 1. The van der Waals surface area contributed by atoms with E-state index in [1.807, 2.05) is 25.1 Å². The fraction of sp³-hybridized carbons (Fsp3) is 0.312. The van der Waals surface area contributed by atoms with Crippen molar-refractivity contribution < 1.29 is 0 Å². The molecule has 0 fully saturated rings. The Morgan fingerprint density at radius 2 is 2.14 bits per heavy atom. The fourth-order valence-corrected chi connectivity index (χ4v) is 3.27. The summed E-state index contributed by atoms with van der Waals surface area (Å²) in [4.78, 5) is 2.22. The highest BCUT2D eigenvalue weighted by Gasteiger charge is 2.25. The lowest BCUT2D eigenvalue weighted by molar-refractivity contribution is 0.276. The number of aryl methyl sites for hydroxylation is 1. The second kappa shape index (κ2) is 5.70. The van der Waals surface area contributed by atoms with E-state index < -0.39 is 0 Å². The first kappa shape index (κ1) is 14.4. The summed E-state index contributed by atoms with van der Waals surface area (Å²) < 4.78 is 2.28. The summed E-state index contributed by atoms with van der Waals surface area (Å²) >= 11 is 11.7. The molecular weight excluding hydrogens is 302 g/mol. The van der Waals surface area contributed by atoms with Crippen molar-refractivity contribution in [3.63, 3.8) is 0 Å². The molecule has 3 rings (SSSR count). The molecule has 1 aromatic carbocycles. The summed E-state index contributed by atoms with van der Waals surface area (Å²) in [6, 6.07) is 10.4. The van der Waals surface area contributed by atoms with E-state index in [4.69, 9.17) is 23.8 Å². The maximum Gasteiger partial charge on any atom is 0.174 e. The van der Waals surface area contributed by atoms with E-state index in [0.29, 0.717) is 0 Å². The molecule has 1 N–H and O–H groups in total. The van der Waals surface area contributed by atoms with Crippen molar-refractivity contribution in [2.75, 3.05) is 11.9 Å². The van der Waals surface area contributed by atoms with Crippen molar-refractivity contribution in [1.82, 2.24) is 9.47 Å². The van der Waals surface area contributed by atoms with Crippen molar-refractivity contribution in [2.24, 2.45) is 0 Å². The normalized spacial score (nSPS) is 17.5. The van der Waals surface area contributed by atoms with E-state index in [1.54, 1.807) is 0 Å². The SMILES string of the molecule is Cc1ccc(NC(=S)N2CCn3cccc3C2C)cc1Cl. The van der Waals surface area contributed by atoms with Gasteiger partial charge in [0.15, 0.2) is 5.11 Å². The molecule has 1 aliphatic rings. The van der Waals surface area contributed by atoms with Crippen molar-refractivity contribution in [3.8, 4) is 0 Å². The third kappa shape index (κ3) is 2.78. The third-order valence-corrected chi connectivity index (χ3v) is 4.77. The first-order valence-electron chi connectivity index (χ1n) is 7.05. The number of anilines is 1. The molecule has 1 aromatic heterocycles. The van der Waals surface area contributed by atoms with Crippen molar-refractivity contribution >= 4 is 34.6 Å². The van der Waals surface area contributed by atoms with Crippen LogP contribution in [-0.2, 0) is 6.54 Å². The second-order valence-corrected chi connectivity index (χ2v) is 6.18. The minimum atomic E-state index is 0.273. The third-order valence-electron chi connectivity index (χ3n) is 4.03. The van der Waals surface area contributed by atoms with Crippen LogP contribution in [0, 0.1) is 6.92 Å². The Hall–Kier alpha value is -1.52. The number of aromatic nitrogens is 1. The standard InChI is InChI=1S/C16H18ClN3S/c1-11-5-6-13(10-14(11)17)18-16(21)20-9-8-19-7-3-4-15(19)12(20)2/h3-7,10,12H,8-9H2,1-2H3,(H,18,21). The summed E-state index contributed by atoms with van der Waals surface area (Å²) in [5, 5.41) is 4.80. The highest BCUT2D eigenvalue weighted by atomic mass is 35.5. The van der Waals surface area contributed by atoms with Gasteiger partial charge >= 0.3 is 0 Å². The molecule has 3 nitrogen and oxygen atoms in total. The number of thiocarbonyl (C=S) groups is 1. The van der Waals surface area contributed by atoms with E-state index in [-0.39, 0.29) is 6.04 Å². The summed E-state index contributed by atoms with van der Waals surface area (Å²) in [7, 11) is 0. The molecule has 21 heavy (non-hydrogen) atoms. The van der Waals surface area contributed by atoms with Gasteiger partial charge in [0.1, 0.15) is 0 Å². The van der Waals surface area contributed by atoms with E-state index in [2.05, 4.69) is 40.0 Å². The maximum absolute atomic E-state index is 6.16. The van der Waals surface area contributed by atoms with Gasteiger partial charge in [0, 0.05) is 35.7 Å². The predicted octanol–water partition coefficient (Wildman–Crippen LogP) is 4.22. The van der Waals surface area contributed by atoms with Gasteiger partial charge in [-0.2, -0.15) is 0 Å². The Morgan fingerprint density at radius 3 is 2.90 bits per heavy atom. The quantitative estimate of drug-likeness (QED) is 0.795. The Bertz CT molecular complexity index is 680. The average molecular weight is 320 g/mol. The van der Waals surface area contributed by atoms with Gasteiger partial charge in [-0.1, -0.05) is 17.7 Å². The second-order valence-electron chi connectivity index (χ2n) is 5.39. The van der Waals surface area contributed by atoms with Gasteiger partial charge in [0.25, 0.3) is 0 Å². The predicted molar refractivity (Wildman–Crippen MR) is 92.0 cm³/mol. The van der Waals surface area contributed by atoms with Crippen LogP contribution in [-0.4, -0.2) is 21.1 Å². The number of hydrogen-bond acceptors (Lipinski definition) is 1. The van der Waals surface area contributed by atoms with Crippen LogP contribution in [0.15, 0.2) is 36.5 Å². The van der Waals surface area contributed by atoms with Gasteiger partial charge in [-0.25, -0.2) is 0 Å². The van der Waals surface area contributed by atoms with Gasteiger partial charge in [-0.05, 0) is 55.9 Å². The monoisotopic (exact) mass is 319 g/mol. The van der Waals surface area contributed by atoms with Gasteiger partial charge in [-0.15, -0.1) is 0 Å². The number of nitrogens with one attached hydrogen (secondary N) is 1. The molecule has 0 bridgehead atoms. The Balaban J connectivity index is 1.75. The Labute approximate surface area is 135 Å². The number of fused-ring (bicyclic) bond motifs is 1. The van der Waals surface area contributed by atoms with Crippen molar-refractivity contribution in [1.29, 1.82) is 0 Å². The highest BCUT2D eigenvalue weighted by Crippen LogP contribution is 2.27. The molecule has 110 valence electrons. The van der Waals surface area contributed by atoms with Crippen LogP contribution in [0.25, 0.3) is 0 Å². The highest BCUT2D eigenvalue weighted by molar-refractivity contribution is 7.80.